The number of aromatic nitrogens is 2. The topological polar surface area (TPSA) is 85.7 Å². The molecule has 3 aromatic carbocycles. The largest absolute Gasteiger partial charge is 0.497 e. The van der Waals surface area contributed by atoms with Crippen LogP contribution in [0.5, 0.6) is 11.5 Å². The summed E-state index contributed by atoms with van der Waals surface area (Å²) in [5.74, 6) is 1.62. The number of aryl methyl sites for hydroxylation is 2. The molecule has 1 heterocycles. The molecule has 0 saturated carbocycles. The Hall–Kier alpha value is -4.33. The van der Waals surface area contributed by atoms with E-state index in [1.165, 1.54) is 0 Å². The maximum atomic E-state index is 14.0. The predicted octanol–water partition coefficient (Wildman–Crippen LogP) is 6.81. The van der Waals surface area contributed by atoms with Crippen molar-refractivity contribution in [3.05, 3.63) is 88.0 Å². The molecule has 40 heavy (non-hydrogen) atoms. The number of para-hydroxylation sites is 1. The van der Waals surface area contributed by atoms with E-state index in [0.717, 1.165) is 36.1 Å². The number of methoxy groups -OCH3 is 2. The first kappa shape index (κ1) is 28.7. The highest BCUT2D eigenvalue weighted by atomic mass is 16.5. The molecule has 0 aliphatic heterocycles. The zero-order valence-electron chi connectivity index (χ0n) is 24.2. The summed E-state index contributed by atoms with van der Waals surface area (Å²) >= 11 is 0. The minimum absolute atomic E-state index is 0.160. The summed E-state index contributed by atoms with van der Waals surface area (Å²) in [7, 11) is 3.13. The summed E-state index contributed by atoms with van der Waals surface area (Å²) < 4.78 is 12.5. The average molecular weight is 543 g/mol. The van der Waals surface area contributed by atoms with Gasteiger partial charge in [0.25, 0.3) is 5.56 Å². The maximum Gasteiger partial charge on any atom is 0.322 e. The zero-order chi connectivity index (χ0) is 28.8. The lowest BCUT2D eigenvalue weighted by atomic mass is 10.1. The summed E-state index contributed by atoms with van der Waals surface area (Å²) in [5, 5.41) is 3.55. The molecule has 210 valence electrons. The number of amides is 2. The number of nitrogens with zero attached hydrogens (tertiary/aromatic N) is 3. The molecule has 0 fully saturated rings. The minimum Gasteiger partial charge on any atom is -0.497 e. The fraction of sp³-hybridized carbons (Fsp3) is 0.344. The molecule has 0 saturated heterocycles. The van der Waals surface area contributed by atoms with Crippen molar-refractivity contribution in [2.45, 2.75) is 53.0 Å². The van der Waals surface area contributed by atoms with Crippen LogP contribution in [0.3, 0.4) is 0 Å². The number of ether oxygens (including phenoxy) is 2. The lowest BCUT2D eigenvalue weighted by Crippen LogP contribution is -2.40. The van der Waals surface area contributed by atoms with Gasteiger partial charge in [0.05, 0.1) is 42.5 Å². The van der Waals surface area contributed by atoms with Crippen molar-refractivity contribution in [2.24, 2.45) is 0 Å². The van der Waals surface area contributed by atoms with Crippen molar-refractivity contribution in [3.8, 4) is 17.2 Å². The molecule has 8 heteroatoms. The van der Waals surface area contributed by atoms with Crippen LogP contribution in [0, 0.1) is 13.8 Å². The number of rotatable bonds is 10. The molecular formula is C32H38N4O4. The van der Waals surface area contributed by atoms with Gasteiger partial charge in [0.1, 0.15) is 17.3 Å². The number of nitrogens with one attached hydrogen (secondary N) is 1. The van der Waals surface area contributed by atoms with Gasteiger partial charge in [0.15, 0.2) is 0 Å². The van der Waals surface area contributed by atoms with E-state index in [2.05, 4.69) is 12.2 Å². The van der Waals surface area contributed by atoms with Gasteiger partial charge in [-0.2, -0.15) is 0 Å². The third-order valence-corrected chi connectivity index (χ3v) is 7.16. The van der Waals surface area contributed by atoms with Gasteiger partial charge in [-0.3, -0.25) is 9.36 Å². The number of benzene rings is 3. The van der Waals surface area contributed by atoms with Gasteiger partial charge < -0.3 is 19.7 Å². The predicted molar refractivity (Wildman–Crippen MR) is 160 cm³/mol. The summed E-state index contributed by atoms with van der Waals surface area (Å²) in [4.78, 5) is 34.6. The zero-order valence-corrected chi connectivity index (χ0v) is 24.2. The molecule has 0 spiro atoms. The first-order chi connectivity index (χ1) is 19.3. The van der Waals surface area contributed by atoms with Gasteiger partial charge in [-0.1, -0.05) is 44.0 Å². The number of anilines is 1. The quantitative estimate of drug-likeness (QED) is 0.223. The van der Waals surface area contributed by atoms with Crippen molar-refractivity contribution >= 4 is 22.6 Å². The molecule has 1 unspecified atom stereocenters. The van der Waals surface area contributed by atoms with E-state index in [9.17, 15) is 9.59 Å². The van der Waals surface area contributed by atoms with Gasteiger partial charge in [0, 0.05) is 12.6 Å². The third-order valence-electron chi connectivity index (χ3n) is 7.16. The monoisotopic (exact) mass is 542 g/mol. The normalized spacial score (nSPS) is 11.8. The van der Waals surface area contributed by atoms with Crippen molar-refractivity contribution < 1.29 is 14.3 Å². The number of carbonyl (C=O) groups excluding carboxylic acids is 1. The van der Waals surface area contributed by atoms with Crippen LogP contribution in [0.4, 0.5) is 10.5 Å². The van der Waals surface area contributed by atoms with Crippen molar-refractivity contribution in [3.63, 3.8) is 0 Å². The summed E-state index contributed by atoms with van der Waals surface area (Å²) in [6.07, 6.45) is 2.80. The van der Waals surface area contributed by atoms with Gasteiger partial charge in [-0.15, -0.1) is 0 Å². The Morgan fingerprint density at radius 2 is 1.80 bits per heavy atom. The molecule has 1 N–H and O–H groups in total. The van der Waals surface area contributed by atoms with E-state index in [0.29, 0.717) is 40.5 Å². The fourth-order valence-corrected chi connectivity index (χ4v) is 4.85. The second kappa shape index (κ2) is 12.7. The van der Waals surface area contributed by atoms with Gasteiger partial charge in [0.2, 0.25) is 0 Å². The Balaban J connectivity index is 1.84. The maximum absolute atomic E-state index is 14.0. The van der Waals surface area contributed by atoms with Gasteiger partial charge in [-0.25, -0.2) is 9.78 Å². The Kier molecular flexibility index (Phi) is 9.09. The smallest absolute Gasteiger partial charge is 0.322 e. The molecule has 0 aliphatic rings. The van der Waals surface area contributed by atoms with E-state index >= 15 is 0 Å². The highest BCUT2D eigenvalue weighted by molar-refractivity contribution is 5.91. The first-order valence-corrected chi connectivity index (χ1v) is 13.7. The lowest BCUT2D eigenvalue weighted by Gasteiger charge is -2.31. The second-order valence-electron chi connectivity index (χ2n) is 9.99. The lowest BCUT2D eigenvalue weighted by molar-refractivity contribution is 0.187. The molecular weight excluding hydrogens is 504 g/mol. The van der Waals surface area contributed by atoms with Gasteiger partial charge in [-0.05, 0) is 68.7 Å². The molecule has 2 amide bonds. The van der Waals surface area contributed by atoms with Crippen LogP contribution in [0.15, 0.2) is 65.5 Å². The highest BCUT2D eigenvalue weighted by Gasteiger charge is 2.28. The van der Waals surface area contributed by atoms with E-state index in [4.69, 9.17) is 14.5 Å². The highest BCUT2D eigenvalue weighted by Crippen LogP contribution is 2.31. The van der Waals surface area contributed by atoms with Crippen LogP contribution in [-0.2, 0) is 0 Å². The standard InChI is InChI=1S/C32H38N4O4/c1-7-8-11-18-35(32(38)34-27-17-16-24(39-5)20-29(27)40-6)23(4)30-33-26-13-10-9-12-25(26)31(37)36(30)28-19-21(2)14-15-22(28)3/h9-10,12-17,19-20,23H,7-8,11,18H2,1-6H3,(H,34,38). The van der Waals surface area contributed by atoms with Crippen molar-refractivity contribution in [1.82, 2.24) is 14.5 Å². The van der Waals surface area contributed by atoms with Crippen LogP contribution in [-0.4, -0.2) is 41.2 Å². The summed E-state index contributed by atoms with van der Waals surface area (Å²) in [6, 6.07) is 17.8. The third kappa shape index (κ3) is 5.96. The van der Waals surface area contributed by atoms with Crippen molar-refractivity contribution in [2.75, 3.05) is 26.1 Å². The molecule has 0 radical (unpaired) electrons. The molecule has 1 aromatic heterocycles. The first-order valence-electron chi connectivity index (χ1n) is 13.7. The number of fused-ring (bicyclic) bond motifs is 1. The fourth-order valence-electron chi connectivity index (χ4n) is 4.85. The molecule has 8 nitrogen and oxygen atoms in total. The average Bonchev–Trinajstić information content (AvgIpc) is 2.96. The van der Waals surface area contributed by atoms with Crippen molar-refractivity contribution in [1.29, 1.82) is 0 Å². The minimum atomic E-state index is -0.515. The number of urea groups is 1. The number of hydrogen-bond acceptors (Lipinski definition) is 5. The van der Waals surface area contributed by atoms with E-state index in [1.54, 1.807) is 48.0 Å². The number of carbonyl (C=O) groups is 1. The SMILES string of the molecule is CCCCCN(C(=O)Nc1ccc(OC)cc1OC)C(C)c1nc2ccccc2c(=O)n1-c1cc(C)ccc1C. The molecule has 4 aromatic rings. The van der Waals surface area contributed by atoms with Gasteiger partial charge >= 0.3 is 6.03 Å². The van der Waals surface area contributed by atoms with E-state index in [1.807, 2.05) is 57.2 Å². The van der Waals surface area contributed by atoms with E-state index < -0.39 is 6.04 Å². The Morgan fingerprint density at radius 1 is 1.02 bits per heavy atom. The van der Waals surface area contributed by atoms with Crippen LogP contribution < -0.4 is 20.3 Å². The van der Waals surface area contributed by atoms with Crippen LogP contribution in [0.25, 0.3) is 16.6 Å². The molecule has 1 atom stereocenters. The Bertz CT molecular complexity index is 1560. The van der Waals surface area contributed by atoms with E-state index in [-0.39, 0.29) is 11.6 Å². The summed E-state index contributed by atoms with van der Waals surface area (Å²) in [5.41, 5.74) is 3.70. The van der Waals surface area contributed by atoms with Crippen LogP contribution in [0.1, 0.15) is 56.1 Å². The summed E-state index contributed by atoms with van der Waals surface area (Å²) in [6.45, 7) is 8.52. The Labute approximate surface area is 235 Å². The molecule has 0 aliphatic carbocycles. The van der Waals surface area contributed by atoms with Crippen LogP contribution in [0.2, 0.25) is 0 Å². The second-order valence-corrected chi connectivity index (χ2v) is 9.99. The van der Waals surface area contributed by atoms with Crippen LogP contribution >= 0.6 is 0 Å². The number of hydrogen-bond donors (Lipinski definition) is 1. The molecule has 0 bridgehead atoms. The molecule has 4 rings (SSSR count). The Morgan fingerprint density at radius 3 is 2.52 bits per heavy atom. The number of unbranched alkanes of at least 4 members (excludes halogenated alkanes) is 2.